The third-order valence-corrected chi connectivity index (χ3v) is 3.58. The summed E-state index contributed by atoms with van der Waals surface area (Å²) in [4.78, 5) is 0. The second-order valence-corrected chi connectivity index (χ2v) is 5.44. The zero-order valence-electron chi connectivity index (χ0n) is 11.0. The van der Waals surface area contributed by atoms with E-state index in [1.807, 2.05) is 30.3 Å². The normalized spacial score (nSPS) is 10.2. The van der Waals surface area contributed by atoms with Crippen molar-refractivity contribution in [1.82, 2.24) is 0 Å². The molecule has 2 rings (SSSR count). The Morgan fingerprint density at radius 3 is 2.80 bits per heavy atom. The van der Waals surface area contributed by atoms with E-state index in [0.717, 1.165) is 27.1 Å². The number of hydrogen-bond acceptors (Lipinski definition) is 2. The Morgan fingerprint density at radius 1 is 1.30 bits per heavy atom. The highest BCUT2D eigenvalue weighted by molar-refractivity contribution is 9.10. The van der Waals surface area contributed by atoms with Crippen molar-refractivity contribution in [1.29, 1.82) is 0 Å². The number of hydrogen-bond donors (Lipinski definition) is 0. The van der Waals surface area contributed by atoms with Crippen molar-refractivity contribution in [3.63, 3.8) is 0 Å². The minimum Gasteiger partial charge on any atom is -0.497 e. The molecule has 20 heavy (non-hydrogen) atoms. The lowest BCUT2D eigenvalue weighted by atomic mass is 10.2. The highest BCUT2D eigenvalue weighted by Gasteiger charge is 2.08. The smallest absolute Gasteiger partial charge is 0.141 e. The first-order valence-electron chi connectivity index (χ1n) is 6.01. The molecular formula is C16H14BrClO2. The second-order valence-electron chi connectivity index (χ2n) is 4.15. The van der Waals surface area contributed by atoms with Gasteiger partial charge in [-0.2, -0.15) is 0 Å². The summed E-state index contributed by atoms with van der Waals surface area (Å²) in [6, 6.07) is 11.4. The van der Waals surface area contributed by atoms with Crippen LogP contribution in [-0.4, -0.2) is 7.11 Å². The molecule has 2 aromatic rings. The van der Waals surface area contributed by atoms with E-state index in [0.29, 0.717) is 11.6 Å². The van der Waals surface area contributed by atoms with Crippen molar-refractivity contribution in [2.24, 2.45) is 0 Å². The minimum atomic E-state index is 0.443. The molecule has 0 N–H and O–H groups in total. The summed E-state index contributed by atoms with van der Waals surface area (Å²) >= 11 is 9.47. The van der Waals surface area contributed by atoms with Crippen LogP contribution in [0.1, 0.15) is 11.1 Å². The fourth-order valence-electron chi connectivity index (χ4n) is 1.80. The molecular weight excluding hydrogens is 340 g/mol. The van der Waals surface area contributed by atoms with Crippen LogP contribution in [0, 0.1) is 0 Å². The molecule has 104 valence electrons. The molecule has 0 radical (unpaired) electrons. The van der Waals surface area contributed by atoms with E-state index in [1.54, 1.807) is 19.3 Å². The lowest BCUT2D eigenvalue weighted by molar-refractivity contribution is 0.302. The average molecular weight is 354 g/mol. The molecule has 0 spiro atoms. The number of methoxy groups -OCH3 is 1. The first kappa shape index (κ1) is 14.9. The van der Waals surface area contributed by atoms with Gasteiger partial charge < -0.3 is 9.47 Å². The Morgan fingerprint density at radius 2 is 2.10 bits per heavy atom. The van der Waals surface area contributed by atoms with Gasteiger partial charge in [0.1, 0.15) is 18.1 Å². The number of ether oxygens (including phenoxy) is 2. The SMILES string of the molecule is C=Cc1cc(Cl)cc(Br)c1OCc1cccc(OC)c1. The monoisotopic (exact) mass is 352 g/mol. The van der Waals surface area contributed by atoms with E-state index < -0.39 is 0 Å². The highest BCUT2D eigenvalue weighted by Crippen LogP contribution is 2.34. The number of halogens is 2. The molecule has 2 nitrogen and oxygen atoms in total. The predicted molar refractivity (Wildman–Crippen MR) is 86.6 cm³/mol. The molecule has 4 heteroatoms. The number of rotatable bonds is 5. The van der Waals surface area contributed by atoms with Gasteiger partial charge in [0, 0.05) is 10.6 Å². The molecule has 0 aliphatic heterocycles. The van der Waals surface area contributed by atoms with E-state index in [2.05, 4.69) is 22.5 Å². The van der Waals surface area contributed by atoms with Crippen LogP contribution in [0.4, 0.5) is 0 Å². The van der Waals surface area contributed by atoms with Crippen molar-refractivity contribution in [3.05, 3.63) is 63.6 Å². The molecule has 0 aliphatic carbocycles. The van der Waals surface area contributed by atoms with Crippen LogP contribution in [0.5, 0.6) is 11.5 Å². The van der Waals surface area contributed by atoms with E-state index in [1.165, 1.54) is 0 Å². The quantitative estimate of drug-likeness (QED) is 0.723. The lowest BCUT2D eigenvalue weighted by Gasteiger charge is -2.12. The van der Waals surface area contributed by atoms with Gasteiger partial charge in [-0.15, -0.1) is 0 Å². The van der Waals surface area contributed by atoms with E-state index in [4.69, 9.17) is 21.1 Å². The van der Waals surface area contributed by atoms with Crippen LogP contribution < -0.4 is 9.47 Å². The van der Waals surface area contributed by atoms with Crippen molar-refractivity contribution < 1.29 is 9.47 Å². The summed E-state index contributed by atoms with van der Waals surface area (Å²) in [5.41, 5.74) is 1.88. The maximum absolute atomic E-state index is 6.01. The Balaban J connectivity index is 2.20. The van der Waals surface area contributed by atoms with Crippen molar-refractivity contribution in [2.45, 2.75) is 6.61 Å². The molecule has 0 fully saturated rings. The summed E-state index contributed by atoms with van der Waals surface area (Å²) in [7, 11) is 1.64. The molecule has 0 unspecified atom stereocenters. The van der Waals surface area contributed by atoms with E-state index in [9.17, 15) is 0 Å². The fourth-order valence-corrected chi connectivity index (χ4v) is 2.75. The van der Waals surface area contributed by atoms with Crippen LogP contribution >= 0.6 is 27.5 Å². The minimum absolute atomic E-state index is 0.443. The molecule has 0 aromatic heterocycles. The first-order valence-corrected chi connectivity index (χ1v) is 7.18. The third-order valence-electron chi connectivity index (χ3n) is 2.77. The van der Waals surface area contributed by atoms with Gasteiger partial charge in [-0.3, -0.25) is 0 Å². The van der Waals surface area contributed by atoms with Crippen molar-refractivity contribution >= 4 is 33.6 Å². The van der Waals surface area contributed by atoms with Crippen LogP contribution in [0.25, 0.3) is 6.08 Å². The van der Waals surface area contributed by atoms with Crippen LogP contribution in [0.15, 0.2) is 47.4 Å². The molecule has 2 aromatic carbocycles. The lowest BCUT2D eigenvalue weighted by Crippen LogP contribution is -1.98. The zero-order chi connectivity index (χ0) is 14.5. The fraction of sp³-hybridized carbons (Fsp3) is 0.125. The Kier molecular flexibility index (Phi) is 5.10. The van der Waals surface area contributed by atoms with Gasteiger partial charge in [-0.1, -0.05) is 36.4 Å². The third kappa shape index (κ3) is 3.56. The molecule has 0 bridgehead atoms. The number of benzene rings is 2. The predicted octanol–water partition coefficient (Wildman–Crippen LogP) is 5.33. The summed E-state index contributed by atoms with van der Waals surface area (Å²) < 4.78 is 11.9. The Labute approximate surface area is 132 Å². The molecule has 0 atom stereocenters. The van der Waals surface area contributed by atoms with Gasteiger partial charge in [0.25, 0.3) is 0 Å². The second kappa shape index (κ2) is 6.82. The van der Waals surface area contributed by atoms with Crippen LogP contribution in [-0.2, 0) is 6.61 Å². The Hall–Kier alpha value is -1.45. The van der Waals surface area contributed by atoms with E-state index >= 15 is 0 Å². The van der Waals surface area contributed by atoms with Gasteiger partial charge in [0.05, 0.1) is 11.6 Å². The van der Waals surface area contributed by atoms with Gasteiger partial charge in [0.15, 0.2) is 0 Å². The molecule has 0 heterocycles. The summed E-state index contributed by atoms with van der Waals surface area (Å²) in [5.74, 6) is 1.54. The van der Waals surface area contributed by atoms with Gasteiger partial charge in [-0.25, -0.2) is 0 Å². The topological polar surface area (TPSA) is 18.5 Å². The van der Waals surface area contributed by atoms with Gasteiger partial charge in [0.2, 0.25) is 0 Å². The van der Waals surface area contributed by atoms with Crippen LogP contribution in [0.2, 0.25) is 5.02 Å². The zero-order valence-corrected chi connectivity index (χ0v) is 13.4. The molecule has 0 amide bonds. The molecule has 0 saturated carbocycles. The van der Waals surface area contributed by atoms with Crippen LogP contribution in [0.3, 0.4) is 0 Å². The largest absolute Gasteiger partial charge is 0.497 e. The van der Waals surface area contributed by atoms with Crippen molar-refractivity contribution in [3.8, 4) is 11.5 Å². The maximum Gasteiger partial charge on any atom is 0.141 e. The average Bonchev–Trinajstić information content (AvgIpc) is 2.45. The van der Waals surface area contributed by atoms with E-state index in [-0.39, 0.29) is 0 Å². The van der Waals surface area contributed by atoms with Crippen molar-refractivity contribution in [2.75, 3.05) is 7.11 Å². The summed E-state index contributed by atoms with van der Waals surface area (Å²) in [6.07, 6.45) is 1.72. The standard InChI is InChI=1S/C16H14BrClO2/c1-3-12-8-13(18)9-15(17)16(12)20-10-11-5-4-6-14(7-11)19-2/h3-9H,1,10H2,2H3. The molecule has 0 aliphatic rings. The Bertz CT molecular complexity index is 626. The maximum atomic E-state index is 6.01. The summed E-state index contributed by atoms with van der Waals surface area (Å²) in [6.45, 7) is 4.22. The van der Waals surface area contributed by atoms with Gasteiger partial charge in [-0.05, 0) is 45.8 Å². The molecule has 0 saturated heterocycles. The van der Waals surface area contributed by atoms with Gasteiger partial charge >= 0.3 is 0 Å². The highest BCUT2D eigenvalue weighted by atomic mass is 79.9. The first-order chi connectivity index (χ1) is 9.63. The summed E-state index contributed by atoms with van der Waals surface area (Å²) in [5, 5.41) is 0.639.